The van der Waals surface area contributed by atoms with E-state index in [0.717, 1.165) is 11.3 Å². The van der Waals surface area contributed by atoms with Crippen LogP contribution in [0.15, 0.2) is 66.7 Å². The van der Waals surface area contributed by atoms with E-state index in [1.807, 2.05) is 48.5 Å². The molecule has 5 nitrogen and oxygen atoms in total. The van der Waals surface area contributed by atoms with Crippen molar-refractivity contribution in [2.75, 3.05) is 18.5 Å². The number of rotatable bonds is 4. The SMILES string of the molecule is O=C(Nc1ccccc1)N[C@H]1COC2C1OC[C@H]2/C=C\c1ccccc1. The van der Waals surface area contributed by atoms with Crippen LogP contribution in [0, 0.1) is 5.92 Å². The molecule has 2 amide bonds. The van der Waals surface area contributed by atoms with Crippen molar-refractivity contribution in [1.29, 1.82) is 0 Å². The summed E-state index contributed by atoms with van der Waals surface area (Å²) in [5.74, 6) is 0.198. The molecule has 2 aliphatic rings. The van der Waals surface area contributed by atoms with Crippen molar-refractivity contribution in [2.24, 2.45) is 5.92 Å². The summed E-state index contributed by atoms with van der Waals surface area (Å²) in [5.41, 5.74) is 1.92. The van der Waals surface area contributed by atoms with Crippen molar-refractivity contribution in [1.82, 2.24) is 5.32 Å². The summed E-state index contributed by atoms with van der Waals surface area (Å²) in [4.78, 5) is 12.2. The number of carbonyl (C=O) groups excluding carboxylic acids is 1. The molecule has 2 aliphatic heterocycles. The topological polar surface area (TPSA) is 59.6 Å². The Morgan fingerprint density at radius 1 is 0.923 bits per heavy atom. The van der Waals surface area contributed by atoms with Crippen LogP contribution >= 0.6 is 0 Å². The van der Waals surface area contributed by atoms with E-state index >= 15 is 0 Å². The largest absolute Gasteiger partial charge is 0.373 e. The van der Waals surface area contributed by atoms with Gasteiger partial charge in [0.15, 0.2) is 0 Å². The summed E-state index contributed by atoms with van der Waals surface area (Å²) < 4.78 is 11.8. The lowest BCUT2D eigenvalue weighted by molar-refractivity contribution is 0.0662. The van der Waals surface area contributed by atoms with Gasteiger partial charge in [0.05, 0.1) is 25.4 Å². The Balaban J connectivity index is 1.33. The van der Waals surface area contributed by atoms with Gasteiger partial charge in [-0.05, 0) is 17.7 Å². The van der Waals surface area contributed by atoms with Gasteiger partial charge in [0.2, 0.25) is 0 Å². The fourth-order valence-electron chi connectivity index (χ4n) is 3.47. The van der Waals surface area contributed by atoms with Gasteiger partial charge in [0.25, 0.3) is 0 Å². The summed E-state index contributed by atoms with van der Waals surface area (Å²) in [6.45, 7) is 1.07. The molecule has 134 valence electrons. The molecule has 2 fully saturated rings. The first-order valence-corrected chi connectivity index (χ1v) is 8.88. The van der Waals surface area contributed by atoms with Crippen LogP contribution in [0.25, 0.3) is 6.08 Å². The van der Waals surface area contributed by atoms with Gasteiger partial charge in [-0.2, -0.15) is 0 Å². The van der Waals surface area contributed by atoms with Gasteiger partial charge in [-0.15, -0.1) is 0 Å². The highest BCUT2D eigenvalue weighted by molar-refractivity contribution is 5.89. The van der Waals surface area contributed by atoms with Crippen LogP contribution in [0.2, 0.25) is 0 Å². The van der Waals surface area contributed by atoms with E-state index in [-0.39, 0.29) is 30.2 Å². The van der Waals surface area contributed by atoms with Gasteiger partial charge in [-0.3, -0.25) is 0 Å². The van der Waals surface area contributed by atoms with Crippen molar-refractivity contribution in [3.63, 3.8) is 0 Å². The van der Waals surface area contributed by atoms with Crippen molar-refractivity contribution < 1.29 is 14.3 Å². The summed E-state index contributed by atoms with van der Waals surface area (Å²) in [7, 11) is 0. The molecule has 2 saturated heterocycles. The third kappa shape index (κ3) is 3.79. The lowest BCUT2D eigenvalue weighted by Crippen LogP contribution is -2.45. The van der Waals surface area contributed by atoms with Crippen LogP contribution < -0.4 is 10.6 Å². The van der Waals surface area contributed by atoms with E-state index in [2.05, 4.69) is 34.9 Å². The summed E-state index contributed by atoms with van der Waals surface area (Å²) in [5, 5.41) is 5.80. The zero-order chi connectivity index (χ0) is 17.8. The van der Waals surface area contributed by atoms with Crippen LogP contribution in [0.5, 0.6) is 0 Å². The number of benzene rings is 2. The first kappa shape index (κ1) is 16.8. The van der Waals surface area contributed by atoms with Gasteiger partial charge in [-0.25, -0.2) is 4.79 Å². The van der Waals surface area contributed by atoms with Crippen molar-refractivity contribution in [3.05, 3.63) is 72.3 Å². The first-order chi connectivity index (χ1) is 12.8. The minimum Gasteiger partial charge on any atom is -0.373 e. The average molecular weight is 350 g/mol. The highest BCUT2D eigenvalue weighted by Crippen LogP contribution is 2.32. The third-order valence-corrected chi connectivity index (χ3v) is 4.78. The van der Waals surface area contributed by atoms with E-state index in [4.69, 9.17) is 9.47 Å². The second kappa shape index (κ2) is 7.72. The van der Waals surface area contributed by atoms with E-state index in [9.17, 15) is 4.79 Å². The summed E-state index contributed by atoms with van der Waals surface area (Å²) in [6.07, 6.45) is 4.12. The van der Waals surface area contributed by atoms with E-state index < -0.39 is 0 Å². The van der Waals surface area contributed by atoms with Crippen LogP contribution in [-0.4, -0.2) is 37.5 Å². The van der Waals surface area contributed by atoms with Gasteiger partial charge in [-0.1, -0.05) is 60.7 Å². The maximum absolute atomic E-state index is 12.2. The third-order valence-electron chi connectivity index (χ3n) is 4.78. The van der Waals surface area contributed by atoms with Crippen LogP contribution in [0.3, 0.4) is 0 Å². The number of carbonyl (C=O) groups is 1. The number of nitrogens with one attached hydrogen (secondary N) is 2. The Morgan fingerprint density at radius 2 is 1.62 bits per heavy atom. The number of para-hydroxylation sites is 1. The Labute approximate surface area is 153 Å². The quantitative estimate of drug-likeness (QED) is 0.889. The van der Waals surface area contributed by atoms with Crippen molar-refractivity contribution in [2.45, 2.75) is 18.2 Å². The fraction of sp³-hybridized carbons (Fsp3) is 0.286. The number of hydrogen-bond donors (Lipinski definition) is 2. The van der Waals surface area contributed by atoms with Gasteiger partial charge >= 0.3 is 6.03 Å². The summed E-state index contributed by atoms with van der Waals surface area (Å²) >= 11 is 0. The molecule has 0 aromatic heterocycles. The Kier molecular flexibility index (Phi) is 5.00. The van der Waals surface area contributed by atoms with Gasteiger partial charge in [0.1, 0.15) is 6.10 Å². The number of anilines is 1. The molecule has 0 spiro atoms. The van der Waals surface area contributed by atoms with Crippen LogP contribution in [-0.2, 0) is 9.47 Å². The lowest BCUT2D eigenvalue weighted by Gasteiger charge is -2.18. The number of fused-ring (bicyclic) bond motifs is 1. The molecule has 5 heteroatoms. The van der Waals surface area contributed by atoms with Crippen molar-refractivity contribution in [3.8, 4) is 0 Å². The highest BCUT2D eigenvalue weighted by atomic mass is 16.6. The van der Waals surface area contributed by atoms with Gasteiger partial charge in [0, 0.05) is 11.6 Å². The molecule has 2 unspecified atom stereocenters. The average Bonchev–Trinajstić information content (AvgIpc) is 3.25. The predicted molar refractivity (Wildman–Crippen MR) is 101 cm³/mol. The zero-order valence-electron chi connectivity index (χ0n) is 14.4. The minimum atomic E-state index is -0.239. The second-order valence-corrected chi connectivity index (χ2v) is 6.60. The number of hydrogen-bond acceptors (Lipinski definition) is 3. The predicted octanol–water partition coefficient (Wildman–Crippen LogP) is 3.30. The van der Waals surface area contributed by atoms with E-state index in [1.54, 1.807) is 0 Å². The molecule has 0 bridgehead atoms. The van der Waals surface area contributed by atoms with Crippen LogP contribution in [0.1, 0.15) is 5.56 Å². The second-order valence-electron chi connectivity index (χ2n) is 6.60. The molecule has 26 heavy (non-hydrogen) atoms. The molecule has 0 saturated carbocycles. The van der Waals surface area contributed by atoms with E-state index in [0.29, 0.717) is 13.2 Å². The Morgan fingerprint density at radius 3 is 2.38 bits per heavy atom. The molecule has 4 atom stereocenters. The van der Waals surface area contributed by atoms with Gasteiger partial charge < -0.3 is 20.1 Å². The molecular weight excluding hydrogens is 328 g/mol. The maximum atomic E-state index is 12.2. The smallest absolute Gasteiger partial charge is 0.319 e. The summed E-state index contributed by atoms with van der Waals surface area (Å²) in [6, 6.07) is 19.2. The number of urea groups is 1. The zero-order valence-corrected chi connectivity index (χ0v) is 14.4. The first-order valence-electron chi connectivity index (χ1n) is 8.88. The normalized spacial score (nSPS) is 27.4. The maximum Gasteiger partial charge on any atom is 0.319 e. The standard InChI is InChI=1S/C21H22N2O3/c24-21(22-17-9-5-2-6-10-17)23-18-14-26-19-16(13-25-20(18)19)12-11-15-7-3-1-4-8-15/h1-12,16,18-20H,13-14H2,(H2,22,23,24)/b12-11-/t16-,18+,19?,20?/m1/s1. The highest BCUT2D eigenvalue weighted by Gasteiger charge is 2.47. The molecule has 2 aromatic rings. The Bertz CT molecular complexity index is 763. The molecular formula is C21H22N2O3. The fourth-order valence-corrected chi connectivity index (χ4v) is 3.47. The van der Waals surface area contributed by atoms with Crippen molar-refractivity contribution >= 4 is 17.8 Å². The molecule has 2 N–H and O–H groups in total. The monoisotopic (exact) mass is 350 g/mol. The lowest BCUT2D eigenvalue weighted by atomic mass is 9.99. The Hall–Kier alpha value is -2.63. The number of ether oxygens (including phenoxy) is 2. The molecule has 2 heterocycles. The van der Waals surface area contributed by atoms with Crippen LogP contribution in [0.4, 0.5) is 10.5 Å². The molecule has 4 rings (SSSR count). The molecule has 0 aliphatic carbocycles. The molecule has 0 radical (unpaired) electrons. The number of amides is 2. The minimum absolute atomic E-state index is 0.0167. The molecule has 2 aromatic carbocycles. The van der Waals surface area contributed by atoms with E-state index in [1.165, 1.54) is 0 Å².